The number of hydrogen-bond donors (Lipinski definition) is 1. The van der Waals surface area contributed by atoms with Crippen LogP contribution in [0.1, 0.15) is 27.7 Å². The van der Waals surface area contributed by atoms with Crippen LogP contribution in [0.5, 0.6) is 0 Å². The van der Waals surface area contributed by atoms with Gasteiger partial charge in [-0.05, 0) is 27.7 Å². The van der Waals surface area contributed by atoms with Crippen molar-refractivity contribution >= 4 is 6.09 Å². The Labute approximate surface area is 104 Å². The Hall–Kier alpha value is -0.980. The second-order valence-electron chi connectivity index (χ2n) is 5.73. The molecule has 1 amide bonds. The van der Waals surface area contributed by atoms with Crippen LogP contribution in [-0.4, -0.2) is 46.6 Å². The Bertz CT molecular complexity index is 327. The monoisotopic (exact) mass is 269 g/mol. The van der Waals surface area contributed by atoms with Crippen molar-refractivity contribution in [1.29, 1.82) is 0 Å². The van der Waals surface area contributed by atoms with Gasteiger partial charge in [0.15, 0.2) is 5.60 Å². The molecule has 1 atom stereocenters. The molecule has 0 bridgehead atoms. The van der Waals surface area contributed by atoms with Crippen molar-refractivity contribution in [1.82, 2.24) is 4.90 Å². The normalized spacial score (nSPS) is 21.2. The van der Waals surface area contributed by atoms with Crippen LogP contribution in [0.25, 0.3) is 0 Å². The molecule has 1 saturated heterocycles. The zero-order valence-electron chi connectivity index (χ0n) is 10.8. The van der Waals surface area contributed by atoms with E-state index in [1.165, 1.54) is 0 Å². The fraction of sp³-hybridized carbons (Fsp3) is 0.909. The van der Waals surface area contributed by atoms with Crippen molar-refractivity contribution in [3.8, 4) is 0 Å². The highest BCUT2D eigenvalue weighted by atomic mass is 19.4. The maximum absolute atomic E-state index is 12.5. The molecule has 18 heavy (non-hydrogen) atoms. The van der Waals surface area contributed by atoms with Crippen molar-refractivity contribution in [2.45, 2.75) is 45.1 Å². The molecule has 1 unspecified atom stereocenters. The second kappa shape index (κ2) is 4.29. The van der Waals surface area contributed by atoms with Crippen molar-refractivity contribution < 1.29 is 27.8 Å². The summed E-state index contributed by atoms with van der Waals surface area (Å²) in [5.41, 5.74) is -3.46. The van der Waals surface area contributed by atoms with Gasteiger partial charge in [0.2, 0.25) is 0 Å². The van der Waals surface area contributed by atoms with Crippen LogP contribution >= 0.6 is 0 Å². The molecule has 0 radical (unpaired) electrons. The third-order valence-electron chi connectivity index (χ3n) is 2.90. The lowest BCUT2D eigenvalue weighted by molar-refractivity contribution is -0.283. The van der Waals surface area contributed by atoms with Crippen LogP contribution < -0.4 is 0 Å². The van der Waals surface area contributed by atoms with Crippen LogP contribution in [0, 0.1) is 5.92 Å². The number of alkyl halides is 3. The lowest BCUT2D eigenvalue weighted by atomic mass is 9.82. The Morgan fingerprint density at radius 1 is 1.22 bits per heavy atom. The van der Waals surface area contributed by atoms with E-state index >= 15 is 0 Å². The van der Waals surface area contributed by atoms with E-state index in [1.54, 1.807) is 20.8 Å². The fourth-order valence-corrected chi connectivity index (χ4v) is 1.54. The van der Waals surface area contributed by atoms with Crippen LogP contribution in [0.4, 0.5) is 18.0 Å². The minimum atomic E-state index is -4.70. The van der Waals surface area contributed by atoms with Crippen LogP contribution in [0.2, 0.25) is 0 Å². The number of ether oxygens (including phenoxy) is 1. The number of carbonyl (C=O) groups is 1. The van der Waals surface area contributed by atoms with Crippen molar-refractivity contribution in [3.63, 3.8) is 0 Å². The average Bonchev–Trinajstić information content (AvgIpc) is 1.92. The molecule has 4 nitrogen and oxygen atoms in total. The van der Waals surface area contributed by atoms with Gasteiger partial charge in [-0.25, -0.2) is 4.79 Å². The molecule has 0 aromatic heterocycles. The molecule has 106 valence electrons. The lowest BCUT2D eigenvalue weighted by Gasteiger charge is -2.46. The zero-order chi connectivity index (χ0) is 14.4. The van der Waals surface area contributed by atoms with Gasteiger partial charge in [0.05, 0.1) is 0 Å². The molecular weight excluding hydrogens is 251 g/mol. The summed E-state index contributed by atoms with van der Waals surface area (Å²) in [7, 11) is 0. The Kier molecular flexibility index (Phi) is 3.60. The van der Waals surface area contributed by atoms with E-state index in [0.717, 1.165) is 11.8 Å². The van der Waals surface area contributed by atoms with Gasteiger partial charge >= 0.3 is 12.3 Å². The molecule has 0 aromatic rings. The van der Waals surface area contributed by atoms with Gasteiger partial charge in [-0.2, -0.15) is 13.2 Å². The summed E-state index contributed by atoms with van der Waals surface area (Å²) in [5.74, 6) is -1.01. The largest absolute Gasteiger partial charge is 0.444 e. The van der Waals surface area contributed by atoms with Gasteiger partial charge in [-0.15, -0.1) is 0 Å². The van der Waals surface area contributed by atoms with Crippen LogP contribution in [-0.2, 0) is 4.74 Å². The zero-order valence-corrected chi connectivity index (χ0v) is 10.8. The van der Waals surface area contributed by atoms with E-state index in [9.17, 15) is 23.1 Å². The summed E-state index contributed by atoms with van der Waals surface area (Å²) < 4.78 is 42.6. The first kappa shape index (κ1) is 15.1. The number of nitrogens with zero attached hydrogens (tertiary/aromatic N) is 1. The Morgan fingerprint density at radius 3 is 2.00 bits per heavy atom. The number of likely N-dealkylation sites (tertiary alicyclic amines) is 1. The maximum atomic E-state index is 12.5. The summed E-state index contributed by atoms with van der Waals surface area (Å²) in [4.78, 5) is 12.7. The van der Waals surface area contributed by atoms with Gasteiger partial charge in [0, 0.05) is 19.0 Å². The summed E-state index contributed by atoms with van der Waals surface area (Å²) in [5, 5.41) is 9.40. The number of carbonyl (C=O) groups excluding carboxylic acids is 1. The van der Waals surface area contributed by atoms with E-state index < -0.39 is 29.4 Å². The van der Waals surface area contributed by atoms with Gasteiger partial charge in [-0.1, -0.05) is 0 Å². The second-order valence-corrected chi connectivity index (χ2v) is 5.73. The standard InChI is InChI=1S/C11H18F3NO3/c1-9(2,3)18-8(16)15-5-7(6-15)10(4,17)11(12,13)14/h7,17H,5-6H2,1-4H3. The number of halogens is 3. The molecular formula is C11H18F3NO3. The van der Waals surface area contributed by atoms with E-state index in [4.69, 9.17) is 4.74 Å². The summed E-state index contributed by atoms with van der Waals surface area (Å²) >= 11 is 0. The Balaban J connectivity index is 2.52. The third kappa shape index (κ3) is 3.07. The van der Waals surface area contributed by atoms with Crippen LogP contribution in [0.3, 0.4) is 0 Å². The van der Waals surface area contributed by atoms with E-state index in [-0.39, 0.29) is 13.1 Å². The Morgan fingerprint density at radius 2 is 1.67 bits per heavy atom. The molecule has 1 aliphatic heterocycles. The molecule has 7 heteroatoms. The first-order valence-corrected chi connectivity index (χ1v) is 5.61. The van der Waals surface area contributed by atoms with Crippen molar-refractivity contribution in [3.05, 3.63) is 0 Å². The van der Waals surface area contributed by atoms with E-state index in [2.05, 4.69) is 0 Å². The number of rotatable bonds is 1. The smallest absolute Gasteiger partial charge is 0.417 e. The first-order chi connectivity index (χ1) is 7.84. The third-order valence-corrected chi connectivity index (χ3v) is 2.90. The van der Waals surface area contributed by atoms with Crippen molar-refractivity contribution in [2.75, 3.05) is 13.1 Å². The van der Waals surface area contributed by atoms with Crippen LogP contribution in [0.15, 0.2) is 0 Å². The SMILES string of the molecule is CC(C)(C)OC(=O)N1CC(C(C)(O)C(F)(F)F)C1. The molecule has 0 saturated carbocycles. The fourth-order valence-electron chi connectivity index (χ4n) is 1.54. The molecule has 1 aliphatic rings. The lowest BCUT2D eigenvalue weighted by Crippen LogP contribution is -2.63. The number of aliphatic hydroxyl groups is 1. The first-order valence-electron chi connectivity index (χ1n) is 5.61. The topological polar surface area (TPSA) is 49.8 Å². The molecule has 0 aliphatic carbocycles. The highest BCUT2D eigenvalue weighted by molar-refractivity contribution is 5.69. The minimum Gasteiger partial charge on any atom is -0.444 e. The van der Waals surface area contributed by atoms with Gasteiger partial charge in [-0.3, -0.25) is 0 Å². The molecule has 0 aromatic carbocycles. The summed E-state index contributed by atoms with van der Waals surface area (Å²) in [6.45, 7) is 5.45. The summed E-state index contributed by atoms with van der Waals surface area (Å²) in [6, 6.07) is 0. The predicted molar refractivity (Wildman–Crippen MR) is 58.0 cm³/mol. The minimum absolute atomic E-state index is 0.151. The van der Waals surface area contributed by atoms with E-state index in [1.807, 2.05) is 0 Å². The maximum Gasteiger partial charge on any atom is 0.417 e. The van der Waals surface area contributed by atoms with Gasteiger partial charge in [0.1, 0.15) is 5.60 Å². The number of amides is 1. The molecule has 1 fully saturated rings. The molecule has 1 heterocycles. The molecule has 1 rings (SSSR count). The predicted octanol–water partition coefficient (Wildman–Crippen LogP) is 2.17. The van der Waals surface area contributed by atoms with Crippen molar-refractivity contribution in [2.24, 2.45) is 5.92 Å². The highest BCUT2D eigenvalue weighted by Crippen LogP contribution is 2.40. The quantitative estimate of drug-likeness (QED) is 0.793. The highest BCUT2D eigenvalue weighted by Gasteiger charge is 2.58. The average molecular weight is 269 g/mol. The molecule has 1 N–H and O–H groups in total. The van der Waals surface area contributed by atoms with Gasteiger partial charge < -0.3 is 14.7 Å². The summed E-state index contributed by atoms with van der Waals surface area (Å²) in [6.07, 6.45) is -5.35. The van der Waals surface area contributed by atoms with Gasteiger partial charge in [0.25, 0.3) is 0 Å². The number of hydrogen-bond acceptors (Lipinski definition) is 3. The van der Waals surface area contributed by atoms with E-state index in [0.29, 0.717) is 0 Å². The molecule has 0 spiro atoms.